The zero-order valence-corrected chi connectivity index (χ0v) is 17.4. The molecule has 2 fully saturated rings. The van der Waals surface area contributed by atoms with Crippen LogP contribution in [0.1, 0.15) is 35.3 Å². The quantitative estimate of drug-likeness (QED) is 0.733. The van der Waals surface area contributed by atoms with Gasteiger partial charge in [-0.15, -0.1) is 0 Å². The number of hydrogen-bond donors (Lipinski definition) is 1. The zero-order valence-electron chi connectivity index (χ0n) is 15.8. The molecule has 2 amide bonds. The molecule has 1 aromatic carbocycles. The summed E-state index contributed by atoms with van der Waals surface area (Å²) >= 11 is 11.7. The van der Waals surface area contributed by atoms with E-state index in [4.69, 9.17) is 29.1 Å². The van der Waals surface area contributed by atoms with Gasteiger partial charge >= 0.3 is 0 Å². The van der Waals surface area contributed by atoms with Gasteiger partial charge in [0.2, 0.25) is 0 Å². The molecule has 1 aliphatic carbocycles. The number of amides is 2. The van der Waals surface area contributed by atoms with E-state index in [2.05, 4.69) is 10.3 Å². The molecule has 10 heteroatoms. The van der Waals surface area contributed by atoms with E-state index in [1.165, 1.54) is 36.3 Å². The van der Waals surface area contributed by atoms with Gasteiger partial charge in [-0.2, -0.15) is 5.26 Å². The van der Waals surface area contributed by atoms with Gasteiger partial charge in [0.05, 0.1) is 22.5 Å². The van der Waals surface area contributed by atoms with Gasteiger partial charge in [0.25, 0.3) is 11.8 Å². The summed E-state index contributed by atoms with van der Waals surface area (Å²) in [4.78, 5) is 32.1. The van der Waals surface area contributed by atoms with Crippen molar-refractivity contribution in [1.29, 1.82) is 5.26 Å². The normalized spacial score (nSPS) is 17.1. The fourth-order valence-corrected chi connectivity index (χ4v) is 4.47. The molecular formula is C20H15ClFN5O2S. The third-order valence-corrected chi connectivity index (χ3v) is 6.12. The number of nitrogens with one attached hydrogen (secondary N) is 1. The number of carbonyl (C=O) groups is 2. The number of benzene rings is 1. The largest absolute Gasteiger partial charge is 0.355 e. The number of thiocarbonyl (C=S) groups is 1. The summed E-state index contributed by atoms with van der Waals surface area (Å²) in [5, 5.41) is 11.7. The van der Waals surface area contributed by atoms with E-state index < -0.39 is 17.3 Å². The Morgan fingerprint density at radius 2 is 2.10 bits per heavy atom. The summed E-state index contributed by atoms with van der Waals surface area (Å²) < 4.78 is 14.6. The Morgan fingerprint density at radius 3 is 2.63 bits per heavy atom. The predicted octanol–water partition coefficient (Wildman–Crippen LogP) is 3.17. The minimum Gasteiger partial charge on any atom is -0.355 e. The molecule has 1 saturated heterocycles. The van der Waals surface area contributed by atoms with Gasteiger partial charge in [-0.25, -0.2) is 9.37 Å². The lowest BCUT2D eigenvalue weighted by atomic mass is 9.75. The molecule has 0 atom stereocenters. The molecular weight excluding hydrogens is 429 g/mol. The fourth-order valence-electron chi connectivity index (χ4n) is 3.80. The van der Waals surface area contributed by atoms with Crippen molar-refractivity contribution < 1.29 is 14.0 Å². The Balaban J connectivity index is 1.78. The van der Waals surface area contributed by atoms with Crippen molar-refractivity contribution in [2.24, 2.45) is 0 Å². The molecule has 1 aliphatic heterocycles. The number of halogens is 2. The third kappa shape index (κ3) is 2.83. The Hall–Kier alpha value is -3.09. The Morgan fingerprint density at radius 1 is 1.37 bits per heavy atom. The second kappa shape index (κ2) is 7.31. The van der Waals surface area contributed by atoms with Crippen LogP contribution < -0.4 is 15.1 Å². The van der Waals surface area contributed by atoms with E-state index >= 15 is 0 Å². The van der Waals surface area contributed by atoms with Crippen molar-refractivity contribution in [2.75, 3.05) is 16.8 Å². The summed E-state index contributed by atoms with van der Waals surface area (Å²) in [6, 6.07) is 7.47. The minimum atomic E-state index is -0.918. The van der Waals surface area contributed by atoms with Crippen molar-refractivity contribution in [3.8, 4) is 6.07 Å². The number of anilines is 2. The standard InChI is InChI=1S/C20H15ClFN5O2S/c1-24-17(28)13-4-3-11(8-15(13)22)27-19(30)26(18(29)20(27)5-2-6-20)12-7-14(21)16(9-23)25-10-12/h3-4,7-8,10H,2,5-6H2,1H3,(H,24,28). The van der Waals surface area contributed by atoms with Gasteiger partial charge in [0.1, 0.15) is 17.4 Å². The van der Waals surface area contributed by atoms with Gasteiger partial charge < -0.3 is 10.2 Å². The fraction of sp³-hybridized carbons (Fsp3) is 0.250. The molecule has 2 aromatic rings. The molecule has 0 radical (unpaired) electrons. The molecule has 30 heavy (non-hydrogen) atoms. The van der Waals surface area contributed by atoms with E-state index in [1.54, 1.807) is 11.0 Å². The second-order valence-corrected chi connectivity index (χ2v) is 7.80. The zero-order chi connectivity index (χ0) is 21.6. The monoisotopic (exact) mass is 443 g/mol. The lowest BCUT2D eigenvalue weighted by Crippen LogP contribution is -2.55. The van der Waals surface area contributed by atoms with Crippen LogP contribution in [0.3, 0.4) is 0 Å². The Kier molecular flexibility index (Phi) is 4.92. The second-order valence-electron chi connectivity index (χ2n) is 7.02. The number of nitriles is 1. The molecule has 1 N–H and O–H groups in total. The number of rotatable bonds is 3. The Bertz CT molecular complexity index is 1140. The maximum Gasteiger partial charge on any atom is 0.259 e. The van der Waals surface area contributed by atoms with E-state index in [1.807, 2.05) is 6.07 Å². The number of carbonyl (C=O) groups excluding carboxylic acids is 2. The molecule has 1 aromatic heterocycles. The highest BCUT2D eigenvalue weighted by Crippen LogP contribution is 2.48. The first-order valence-corrected chi connectivity index (χ1v) is 9.88. The van der Waals surface area contributed by atoms with Crippen LogP contribution in [0, 0.1) is 17.1 Å². The average Bonchev–Trinajstić information content (AvgIpc) is 2.94. The van der Waals surface area contributed by atoms with Crippen LogP contribution in [0.2, 0.25) is 5.02 Å². The third-order valence-electron chi connectivity index (χ3n) is 5.47. The lowest BCUT2D eigenvalue weighted by molar-refractivity contribution is -0.123. The van der Waals surface area contributed by atoms with Crippen molar-refractivity contribution in [3.05, 3.63) is 52.6 Å². The molecule has 4 rings (SSSR count). The van der Waals surface area contributed by atoms with E-state index in [9.17, 15) is 14.0 Å². The summed E-state index contributed by atoms with van der Waals surface area (Å²) in [6.45, 7) is 0. The number of hydrogen-bond acceptors (Lipinski definition) is 5. The maximum atomic E-state index is 14.6. The molecule has 152 valence electrons. The minimum absolute atomic E-state index is 0.0417. The molecule has 1 spiro atoms. The van der Waals surface area contributed by atoms with E-state index in [0.717, 1.165) is 6.42 Å². The van der Waals surface area contributed by atoms with Crippen LogP contribution >= 0.6 is 23.8 Å². The van der Waals surface area contributed by atoms with Gasteiger partial charge in [-0.3, -0.25) is 14.5 Å². The highest BCUT2D eigenvalue weighted by atomic mass is 35.5. The van der Waals surface area contributed by atoms with Gasteiger partial charge in [0, 0.05) is 12.7 Å². The van der Waals surface area contributed by atoms with Crippen LogP contribution in [0.5, 0.6) is 0 Å². The summed E-state index contributed by atoms with van der Waals surface area (Å²) in [5.41, 5.74) is -0.253. The summed E-state index contributed by atoms with van der Waals surface area (Å²) in [6.07, 6.45) is 3.29. The number of aromatic nitrogens is 1. The van der Waals surface area contributed by atoms with Crippen molar-refractivity contribution in [1.82, 2.24) is 10.3 Å². The first-order chi connectivity index (χ1) is 14.3. The summed E-state index contributed by atoms with van der Waals surface area (Å²) in [7, 11) is 1.42. The van der Waals surface area contributed by atoms with E-state index in [0.29, 0.717) is 24.2 Å². The van der Waals surface area contributed by atoms with Gasteiger partial charge in [0.15, 0.2) is 10.8 Å². The first kappa shape index (κ1) is 20.2. The molecule has 2 heterocycles. The van der Waals surface area contributed by atoms with Crippen LogP contribution in [0.4, 0.5) is 15.8 Å². The van der Waals surface area contributed by atoms with Crippen LogP contribution in [-0.2, 0) is 4.79 Å². The average molecular weight is 444 g/mol. The smallest absolute Gasteiger partial charge is 0.259 e. The van der Waals surface area contributed by atoms with E-state index in [-0.39, 0.29) is 27.3 Å². The van der Waals surface area contributed by atoms with Crippen LogP contribution in [-0.4, -0.2) is 34.5 Å². The topological polar surface area (TPSA) is 89.3 Å². The van der Waals surface area contributed by atoms with Gasteiger partial charge in [-0.1, -0.05) is 11.6 Å². The first-order valence-electron chi connectivity index (χ1n) is 9.10. The molecule has 7 nitrogen and oxygen atoms in total. The molecule has 1 saturated carbocycles. The van der Waals surface area contributed by atoms with Gasteiger partial charge in [-0.05, 0) is 55.7 Å². The highest BCUT2D eigenvalue weighted by Gasteiger charge is 2.59. The molecule has 0 bridgehead atoms. The van der Waals surface area contributed by atoms with Crippen molar-refractivity contribution in [2.45, 2.75) is 24.8 Å². The lowest BCUT2D eigenvalue weighted by Gasteiger charge is -2.43. The number of pyridine rings is 1. The molecule has 0 unspecified atom stereocenters. The Labute approximate surface area is 182 Å². The molecule has 2 aliphatic rings. The summed E-state index contributed by atoms with van der Waals surface area (Å²) in [5.74, 6) is -1.51. The highest BCUT2D eigenvalue weighted by molar-refractivity contribution is 7.81. The van der Waals surface area contributed by atoms with Crippen LogP contribution in [0.15, 0.2) is 30.5 Å². The van der Waals surface area contributed by atoms with Crippen molar-refractivity contribution >= 4 is 52.1 Å². The predicted molar refractivity (Wildman–Crippen MR) is 113 cm³/mol. The SMILES string of the molecule is CNC(=O)c1ccc(N2C(=S)N(c3cnc(C#N)c(Cl)c3)C(=O)C23CCC3)cc1F. The maximum absolute atomic E-state index is 14.6. The van der Waals surface area contributed by atoms with Crippen molar-refractivity contribution in [3.63, 3.8) is 0 Å². The van der Waals surface area contributed by atoms with Crippen LogP contribution in [0.25, 0.3) is 0 Å². The number of nitrogens with zero attached hydrogens (tertiary/aromatic N) is 4.